The van der Waals surface area contributed by atoms with Gasteiger partial charge in [-0.2, -0.15) is 5.10 Å². The molecule has 4 aromatic rings. The Morgan fingerprint density at radius 2 is 1.65 bits per heavy atom. The molecule has 194 valence electrons. The molecule has 0 amide bonds. The van der Waals surface area contributed by atoms with Crippen LogP contribution in [0.4, 0.5) is 11.4 Å². The molecule has 0 radical (unpaired) electrons. The molecule has 2 atom stereocenters. The first-order chi connectivity index (χ1) is 17.9. The fraction of sp³-hybridized carbons (Fsp3) is 0.414. The number of hydrogen-bond acceptors (Lipinski definition) is 7. The van der Waals surface area contributed by atoms with Crippen molar-refractivity contribution < 1.29 is 9.47 Å². The molecule has 8 heteroatoms. The highest BCUT2D eigenvalue weighted by Crippen LogP contribution is 2.34. The Morgan fingerprint density at radius 1 is 0.919 bits per heavy atom. The van der Waals surface area contributed by atoms with Gasteiger partial charge in [0.25, 0.3) is 0 Å². The van der Waals surface area contributed by atoms with E-state index in [0.29, 0.717) is 12.1 Å². The van der Waals surface area contributed by atoms with Crippen molar-refractivity contribution in [2.75, 3.05) is 32.2 Å². The third-order valence-corrected chi connectivity index (χ3v) is 7.42. The Kier molecular flexibility index (Phi) is 7.28. The van der Waals surface area contributed by atoms with Crippen LogP contribution in [0.2, 0.25) is 0 Å². The maximum atomic E-state index is 5.59. The standard InChI is InChI=1S/C29H36N6O2/c1-20-7-8-21(2)34(20)11-6-12-35(24-13-25(36-4)16-26(14-24)37-5)23-9-10-27-28(15-23)32-29(18-30-27)22-17-31-33(3)19-22/h9-10,13-21H,6-8,11-12H2,1-5H3/t20-,21-/m0/s1. The normalized spacial score (nSPS) is 17.9. The van der Waals surface area contributed by atoms with E-state index in [9.17, 15) is 0 Å². The van der Waals surface area contributed by atoms with Crippen molar-refractivity contribution in [2.45, 2.75) is 45.2 Å². The van der Waals surface area contributed by atoms with Gasteiger partial charge in [-0.05, 0) is 51.3 Å². The minimum Gasteiger partial charge on any atom is -0.497 e. The van der Waals surface area contributed by atoms with Gasteiger partial charge in [0.15, 0.2) is 0 Å². The number of rotatable bonds is 9. The summed E-state index contributed by atoms with van der Waals surface area (Å²) in [5, 5.41) is 4.28. The van der Waals surface area contributed by atoms with Crippen molar-refractivity contribution in [3.05, 3.63) is 55.0 Å². The number of nitrogens with zero attached hydrogens (tertiary/aromatic N) is 6. The molecule has 2 aromatic heterocycles. The molecule has 0 aliphatic carbocycles. The Hall–Kier alpha value is -3.65. The second kappa shape index (κ2) is 10.8. The SMILES string of the molecule is COc1cc(OC)cc(N(CCCN2[C@@H](C)CC[C@@H]2C)c2ccc3ncc(-c4cnn(C)c4)nc3c2)c1. The van der Waals surface area contributed by atoms with Gasteiger partial charge in [-0.15, -0.1) is 0 Å². The molecule has 8 nitrogen and oxygen atoms in total. The van der Waals surface area contributed by atoms with Crippen molar-refractivity contribution in [2.24, 2.45) is 7.05 Å². The molecule has 2 aromatic carbocycles. The highest BCUT2D eigenvalue weighted by Gasteiger charge is 2.26. The van der Waals surface area contributed by atoms with Gasteiger partial charge in [-0.1, -0.05) is 0 Å². The van der Waals surface area contributed by atoms with Gasteiger partial charge in [-0.3, -0.25) is 14.6 Å². The zero-order valence-electron chi connectivity index (χ0n) is 22.4. The molecule has 0 bridgehead atoms. The van der Waals surface area contributed by atoms with Crippen LogP contribution in [0, 0.1) is 0 Å². The van der Waals surface area contributed by atoms with Crippen molar-refractivity contribution in [3.63, 3.8) is 0 Å². The molecule has 1 aliphatic rings. The number of ether oxygens (including phenoxy) is 2. The van der Waals surface area contributed by atoms with E-state index in [2.05, 4.69) is 58.0 Å². The van der Waals surface area contributed by atoms with Crippen LogP contribution in [0.15, 0.2) is 55.0 Å². The summed E-state index contributed by atoms with van der Waals surface area (Å²) in [6, 6.07) is 13.6. The van der Waals surface area contributed by atoms with Crippen LogP contribution in [0.1, 0.15) is 33.1 Å². The Bertz CT molecular complexity index is 1340. The fourth-order valence-electron chi connectivity index (χ4n) is 5.32. The van der Waals surface area contributed by atoms with Gasteiger partial charge in [0.1, 0.15) is 11.5 Å². The van der Waals surface area contributed by atoms with E-state index in [4.69, 9.17) is 14.5 Å². The van der Waals surface area contributed by atoms with E-state index < -0.39 is 0 Å². The summed E-state index contributed by atoms with van der Waals surface area (Å²) in [5.41, 5.74) is 5.55. The third kappa shape index (κ3) is 5.39. The molecule has 1 saturated heterocycles. The first-order valence-corrected chi connectivity index (χ1v) is 13.0. The van der Waals surface area contributed by atoms with E-state index in [1.54, 1.807) is 18.9 Å². The highest BCUT2D eigenvalue weighted by atomic mass is 16.5. The zero-order valence-corrected chi connectivity index (χ0v) is 22.4. The van der Waals surface area contributed by atoms with Gasteiger partial charge in [0, 0.05) is 73.6 Å². The Morgan fingerprint density at radius 3 is 2.30 bits per heavy atom. The second-order valence-electron chi connectivity index (χ2n) is 9.92. The maximum Gasteiger partial charge on any atom is 0.124 e. The largest absolute Gasteiger partial charge is 0.497 e. The van der Waals surface area contributed by atoms with Crippen LogP contribution in [-0.4, -0.2) is 64.0 Å². The topological polar surface area (TPSA) is 68.5 Å². The highest BCUT2D eigenvalue weighted by molar-refractivity contribution is 5.82. The number of benzene rings is 2. The molecular weight excluding hydrogens is 464 g/mol. The second-order valence-corrected chi connectivity index (χ2v) is 9.92. The fourth-order valence-corrected chi connectivity index (χ4v) is 5.32. The van der Waals surface area contributed by atoms with Crippen LogP contribution in [-0.2, 0) is 7.05 Å². The summed E-state index contributed by atoms with van der Waals surface area (Å²) in [6.45, 7) is 6.61. The average Bonchev–Trinajstić information content (AvgIpc) is 3.50. The Labute approximate surface area is 218 Å². The smallest absolute Gasteiger partial charge is 0.124 e. The van der Waals surface area contributed by atoms with Gasteiger partial charge in [-0.25, -0.2) is 4.98 Å². The van der Waals surface area contributed by atoms with E-state index in [0.717, 1.165) is 64.7 Å². The minimum atomic E-state index is 0.641. The minimum absolute atomic E-state index is 0.641. The predicted molar refractivity (Wildman–Crippen MR) is 148 cm³/mol. The summed E-state index contributed by atoms with van der Waals surface area (Å²) in [4.78, 5) is 14.6. The van der Waals surface area contributed by atoms with Crippen molar-refractivity contribution >= 4 is 22.4 Å². The van der Waals surface area contributed by atoms with E-state index in [1.165, 1.54) is 12.8 Å². The van der Waals surface area contributed by atoms with Gasteiger partial charge >= 0.3 is 0 Å². The van der Waals surface area contributed by atoms with Crippen LogP contribution < -0.4 is 14.4 Å². The molecule has 3 heterocycles. The van der Waals surface area contributed by atoms with Crippen LogP contribution >= 0.6 is 0 Å². The van der Waals surface area contributed by atoms with Crippen molar-refractivity contribution in [3.8, 4) is 22.8 Å². The molecular formula is C29H36N6O2. The van der Waals surface area contributed by atoms with E-state index in [-0.39, 0.29) is 0 Å². The third-order valence-electron chi connectivity index (χ3n) is 7.42. The van der Waals surface area contributed by atoms with Crippen LogP contribution in [0.25, 0.3) is 22.3 Å². The first kappa shape index (κ1) is 25.0. The lowest BCUT2D eigenvalue weighted by atomic mass is 10.1. The van der Waals surface area contributed by atoms with Gasteiger partial charge < -0.3 is 14.4 Å². The quantitative estimate of drug-likeness (QED) is 0.303. The number of aromatic nitrogens is 4. The molecule has 5 rings (SSSR count). The molecule has 37 heavy (non-hydrogen) atoms. The van der Waals surface area contributed by atoms with E-state index in [1.807, 2.05) is 37.8 Å². The van der Waals surface area contributed by atoms with Crippen molar-refractivity contribution in [1.82, 2.24) is 24.6 Å². The van der Waals surface area contributed by atoms with Gasteiger partial charge in [0.05, 0.1) is 43.3 Å². The van der Waals surface area contributed by atoms with Crippen LogP contribution in [0.5, 0.6) is 11.5 Å². The molecule has 0 spiro atoms. The number of methoxy groups -OCH3 is 2. The zero-order chi connectivity index (χ0) is 25.9. The summed E-state index contributed by atoms with van der Waals surface area (Å²) >= 11 is 0. The lowest BCUT2D eigenvalue weighted by Crippen LogP contribution is -2.35. The summed E-state index contributed by atoms with van der Waals surface area (Å²) in [6.07, 6.45) is 9.17. The summed E-state index contributed by atoms with van der Waals surface area (Å²) in [7, 11) is 5.27. The molecule has 1 fully saturated rings. The van der Waals surface area contributed by atoms with Crippen molar-refractivity contribution in [1.29, 1.82) is 0 Å². The van der Waals surface area contributed by atoms with Crippen LogP contribution in [0.3, 0.4) is 0 Å². The number of likely N-dealkylation sites (tertiary alicyclic amines) is 1. The first-order valence-electron chi connectivity index (χ1n) is 13.0. The lowest BCUT2D eigenvalue weighted by Gasteiger charge is -2.30. The number of fused-ring (bicyclic) bond motifs is 1. The monoisotopic (exact) mass is 500 g/mol. The number of hydrogen-bond donors (Lipinski definition) is 0. The maximum absolute atomic E-state index is 5.59. The number of aryl methyl sites for hydroxylation is 1. The molecule has 0 saturated carbocycles. The molecule has 0 unspecified atom stereocenters. The predicted octanol–water partition coefficient (Wildman–Crippen LogP) is 5.45. The molecule has 1 aliphatic heterocycles. The lowest BCUT2D eigenvalue weighted by molar-refractivity contribution is 0.213. The number of anilines is 2. The molecule has 0 N–H and O–H groups in total. The summed E-state index contributed by atoms with van der Waals surface area (Å²) < 4.78 is 13.0. The van der Waals surface area contributed by atoms with E-state index >= 15 is 0 Å². The average molecular weight is 501 g/mol. The Balaban J connectivity index is 1.49. The van der Waals surface area contributed by atoms with Gasteiger partial charge in [0.2, 0.25) is 0 Å². The summed E-state index contributed by atoms with van der Waals surface area (Å²) in [5.74, 6) is 1.53.